The maximum absolute atomic E-state index is 6.07. The van der Waals surface area contributed by atoms with E-state index in [4.69, 9.17) is 27.9 Å². The number of halogens is 3. The van der Waals surface area contributed by atoms with Crippen LogP contribution in [-0.2, 0) is 5.88 Å². The molecule has 2 aromatic rings. The summed E-state index contributed by atoms with van der Waals surface area (Å²) in [7, 11) is 0. The summed E-state index contributed by atoms with van der Waals surface area (Å²) in [6.07, 6.45) is 0. The van der Waals surface area contributed by atoms with Gasteiger partial charge >= 0.3 is 0 Å². The summed E-state index contributed by atoms with van der Waals surface area (Å²) in [6.45, 7) is 0. The zero-order valence-electron chi connectivity index (χ0n) is 8.79. The molecule has 0 bridgehead atoms. The average molecular weight is 379 g/mol. The van der Waals surface area contributed by atoms with Gasteiger partial charge < -0.3 is 4.74 Å². The minimum atomic E-state index is 0.405. The highest BCUT2D eigenvalue weighted by Crippen LogP contribution is 2.29. The van der Waals surface area contributed by atoms with E-state index >= 15 is 0 Å². The molecule has 4 heteroatoms. The smallest absolute Gasteiger partial charge is 0.140 e. The van der Waals surface area contributed by atoms with Crippen molar-refractivity contribution in [1.82, 2.24) is 0 Å². The number of rotatable bonds is 3. The van der Waals surface area contributed by atoms with Crippen LogP contribution in [0, 0.1) is 3.57 Å². The van der Waals surface area contributed by atoms with Crippen LogP contribution in [-0.4, -0.2) is 0 Å². The summed E-state index contributed by atoms with van der Waals surface area (Å²) >= 11 is 14.0. The Balaban J connectivity index is 2.25. The minimum absolute atomic E-state index is 0.405. The lowest BCUT2D eigenvalue weighted by Crippen LogP contribution is -1.88. The molecule has 2 aromatic carbocycles. The molecule has 0 N–H and O–H groups in total. The van der Waals surface area contributed by atoms with Gasteiger partial charge in [-0.15, -0.1) is 11.6 Å². The Morgan fingerprint density at radius 2 is 1.88 bits per heavy atom. The molecule has 0 unspecified atom stereocenters. The first-order valence-electron chi connectivity index (χ1n) is 4.97. The third kappa shape index (κ3) is 3.27. The summed E-state index contributed by atoms with van der Waals surface area (Å²) in [4.78, 5) is 0. The molecule has 0 heterocycles. The molecule has 88 valence electrons. The third-order valence-corrected chi connectivity index (χ3v) is 3.76. The van der Waals surface area contributed by atoms with Gasteiger partial charge in [-0.2, -0.15) is 0 Å². The summed E-state index contributed by atoms with van der Waals surface area (Å²) < 4.78 is 6.81. The van der Waals surface area contributed by atoms with E-state index in [9.17, 15) is 0 Å². The lowest BCUT2D eigenvalue weighted by atomic mass is 10.2. The van der Waals surface area contributed by atoms with E-state index in [1.165, 1.54) is 0 Å². The highest BCUT2D eigenvalue weighted by Gasteiger charge is 2.04. The maximum atomic E-state index is 6.07. The number of hydrogen-bond donors (Lipinski definition) is 0. The minimum Gasteiger partial charge on any atom is -0.456 e. The maximum Gasteiger partial charge on any atom is 0.140 e. The van der Waals surface area contributed by atoms with Crippen molar-refractivity contribution in [1.29, 1.82) is 0 Å². The van der Waals surface area contributed by atoms with Crippen molar-refractivity contribution in [3.63, 3.8) is 0 Å². The van der Waals surface area contributed by atoms with Crippen molar-refractivity contribution in [2.24, 2.45) is 0 Å². The van der Waals surface area contributed by atoms with Crippen molar-refractivity contribution in [2.45, 2.75) is 5.88 Å². The fraction of sp³-hybridized carbons (Fsp3) is 0.0769. The molecule has 0 aliphatic heterocycles. The zero-order chi connectivity index (χ0) is 12.3. The molecule has 0 saturated heterocycles. The Bertz CT molecular complexity index is 529. The van der Waals surface area contributed by atoms with Crippen molar-refractivity contribution in [3.05, 3.63) is 56.6 Å². The Morgan fingerprint density at radius 3 is 2.53 bits per heavy atom. The van der Waals surface area contributed by atoms with E-state index in [1.54, 1.807) is 6.07 Å². The summed E-state index contributed by atoms with van der Waals surface area (Å²) in [5, 5.41) is 0.628. The summed E-state index contributed by atoms with van der Waals surface area (Å²) in [6, 6.07) is 13.3. The molecule has 1 nitrogen and oxygen atoms in total. The number of alkyl halides is 1. The Hall–Kier alpha value is -0.450. The predicted molar refractivity (Wildman–Crippen MR) is 80.2 cm³/mol. The summed E-state index contributed by atoms with van der Waals surface area (Å²) in [5.74, 6) is 1.94. The second-order valence-corrected chi connectivity index (χ2v) is 5.26. The topological polar surface area (TPSA) is 9.23 Å². The molecule has 17 heavy (non-hydrogen) atoms. The predicted octanol–water partition coefficient (Wildman–Crippen LogP) is 5.48. The standard InChI is InChI=1S/C13H9Cl2IO/c14-8-9-5-6-10(7-11(9)15)17-13-4-2-1-3-12(13)16/h1-7H,8H2. The molecule has 0 saturated carbocycles. The fourth-order valence-corrected chi connectivity index (χ4v) is 2.39. The SMILES string of the molecule is ClCc1ccc(Oc2ccccc2I)cc1Cl. The number of ether oxygens (including phenoxy) is 1. The molecule has 0 atom stereocenters. The molecule has 0 aromatic heterocycles. The first-order valence-corrected chi connectivity index (χ1v) is 6.96. The highest BCUT2D eigenvalue weighted by atomic mass is 127. The van der Waals surface area contributed by atoms with Crippen LogP contribution < -0.4 is 4.74 Å². The quantitative estimate of drug-likeness (QED) is 0.507. The van der Waals surface area contributed by atoms with Gasteiger partial charge in [-0.1, -0.05) is 29.8 Å². The Labute approximate surface area is 124 Å². The summed E-state index contributed by atoms with van der Waals surface area (Å²) in [5.41, 5.74) is 0.906. The van der Waals surface area contributed by atoms with Gasteiger partial charge in [-0.25, -0.2) is 0 Å². The molecule has 0 amide bonds. The van der Waals surface area contributed by atoms with Crippen LogP contribution in [0.1, 0.15) is 5.56 Å². The van der Waals surface area contributed by atoms with Gasteiger partial charge in [0.05, 0.1) is 3.57 Å². The van der Waals surface area contributed by atoms with Gasteiger partial charge in [0.15, 0.2) is 0 Å². The van der Waals surface area contributed by atoms with E-state index in [2.05, 4.69) is 22.6 Å². The van der Waals surface area contributed by atoms with Crippen LogP contribution in [0.25, 0.3) is 0 Å². The number of hydrogen-bond acceptors (Lipinski definition) is 1. The van der Waals surface area contributed by atoms with E-state index in [-0.39, 0.29) is 0 Å². The molecule has 0 radical (unpaired) electrons. The van der Waals surface area contributed by atoms with Crippen LogP contribution >= 0.6 is 45.8 Å². The lowest BCUT2D eigenvalue weighted by molar-refractivity contribution is 0.479. The van der Waals surface area contributed by atoms with Crippen molar-refractivity contribution < 1.29 is 4.74 Å². The average Bonchev–Trinajstić information content (AvgIpc) is 2.32. The second kappa shape index (κ2) is 5.94. The van der Waals surface area contributed by atoms with Gasteiger partial charge in [-0.3, -0.25) is 0 Å². The van der Waals surface area contributed by atoms with Crippen LogP contribution in [0.5, 0.6) is 11.5 Å². The molecule has 0 aliphatic rings. The molecule has 2 rings (SSSR count). The van der Waals surface area contributed by atoms with Crippen molar-refractivity contribution in [2.75, 3.05) is 0 Å². The van der Waals surface area contributed by atoms with E-state index in [0.717, 1.165) is 14.9 Å². The fourth-order valence-electron chi connectivity index (χ4n) is 1.35. The van der Waals surface area contributed by atoms with Crippen LogP contribution in [0.15, 0.2) is 42.5 Å². The monoisotopic (exact) mass is 378 g/mol. The first kappa shape index (κ1) is 13.0. The van der Waals surface area contributed by atoms with Gasteiger partial charge in [0.25, 0.3) is 0 Å². The highest BCUT2D eigenvalue weighted by molar-refractivity contribution is 14.1. The Kier molecular flexibility index (Phi) is 4.54. The normalized spacial score (nSPS) is 10.3. The van der Waals surface area contributed by atoms with Crippen molar-refractivity contribution in [3.8, 4) is 11.5 Å². The number of benzene rings is 2. The van der Waals surface area contributed by atoms with E-state index in [0.29, 0.717) is 16.7 Å². The Morgan fingerprint density at radius 1 is 1.12 bits per heavy atom. The molecular formula is C13H9Cl2IO. The second-order valence-electron chi connectivity index (χ2n) is 3.42. The molecule has 0 aliphatic carbocycles. The van der Waals surface area contributed by atoms with Gasteiger partial charge in [-0.05, 0) is 52.4 Å². The zero-order valence-corrected chi connectivity index (χ0v) is 12.5. The molecule has 0 spiro atoms. The van der Waals surface area contributed by atoms with E-state index in [1.807, 2.05) is 36.4 Å². The molecule has 0 fully saturated rings. The van der Waals surface area contributed by atoms with Gasteiger partial charge in [0.1, 0.15) is 11.5 Å². The van der Waals surface area contributed by atoms with E-state index < -0.39 is 0 Å². The van der Waals surface area contributed by atoms with Gasteiger partial charge in [0, 0.05) is 10.9 Å². The number of para-hydroxylation sites is 1. The van der Waals surface area contributed by atoms with Crippen LogP contribution in [0.3, 0.4) is 0 Å². The largest absolute Gasteiger partial charge is 0.456 e. The third-order valence-electron chi connectivity index (χ3n) is 2.23. The first-order chi connectivity index (χ1) is 8.20. The van der Waals surface area contributed by atoms with Crippen LogP contribution in [0.2, 0.25) is 5.02 Å². The molecular weight excluding hydrogens is 370 g/mol. The van der Waals surface area contributed by atoms with Gasteiger partial charge in [0.2, 0.25) is 0 Å². The lowest BCUT2D eigenvalue weighted by Gasteiger charge is -2.09. The van der Waals surface area contributed by atoms with Crippen molar-refractivity contribution >= 4 is 45.8 Å². The van der Waals surface area contributed by atoms with Crippen LogP contribution in [0.4, 0.5) is 0 Å².